The van der Waals surface area contributed by atoms with Gasteiger partial charge in [0.1, 0.15) is 5.82 Å². The molecule has 2 unspecified atom stereocenters. The van der Waals surface area contributed by atoms with Crippen molar-refractivity contribution in [3.8, 4) is 0 Å². The maximum atomic E-state index is 12.4. The molecule has 2 rings (SSSR count). The van der Waals surface area contributed by atoms with Crippen LogP contribution in [0.4, 0.5) is 0 Å². The summed E-state index contributed by atoms with van der Waals surface area (Å²) in [5, 5.41) is -0.729. The van der Waals surface area contributed by atoms with Gasteiger partial charge in [-0.15, -0.1) is 0 Å². The third kappa shape index (κ3) is 3.76. The van der Waals surface area contributed by atoms with Crippen molar-refractivity contribution in [2.75, 3.05) is 7.11 Å². The van der Waals surface area contributed by atoms with Gasteiger partial charge in [0.05, 0.1) is 30.5 Å². The average molecular weight is 313 g/mol. The second kappa shape index (κ2) is 6.48. The van der Waals surface area contributed by atoms with E-state index in [0.717, 1.165) is 0 Å². The molecule has 1 aromatic heterocycles. The molecule has 1 fully saturated rings. The number of carbonyl (C=O) groups excluding carboxylic acids is 1. The monoisotopic (exact) mass is 313 g/mol. The average Bonchev–Trinajstić information content (AvgIpc) is 2.95. The first-order valence-corrected chi connectivity index (χ1v) is 8.33. The zero-order chi connectivity index (χ0) is 15.5. The van der Waals surface area contributed by atoms with E-state index in [2.05, 4.69) is 19.4 Å². The molecular formula is C13H19N3O4S. The predicted molar refractivity (Wildman–Crippen MR) is 75.7 cm³/mol. The molecule has 1 heterocycles. The molecule has 1 aromatic rings. The largest absolute Gasteiger partial charge is 0.469 e. The summed E-state index contributed by atoms with van der Waals surface area (Å²) in [6, 6.07) is 1.65. The lowest BCUT2D eigenvalue weighted by Gasteiger charge is -2.18. The first kappa shape index (κ1) is 15.8. The van der Waals surface area contributed by atoms with Crippen molar-refractivity contribution >= 4 is 16.0 Å². The van der Waals surface area contributed by atoms with Gasteiger partial charge >= 0.3 is 5.97 Å². The number of sulfonamides is 1. The molecule has 1 saturated carbocycles. The summed E-state index contributed by atoms with van der Waals surface area (Å²) in [4.78, 5) is 19.8. The Kier molecular flexibility index (Phi) is 4.89. The topological polar surface area (TPSA) is 98.2 Å². The second-order valence-electron chi connectivity index (χ2n) is 5.06. The van der Waals surface area contributed by atoms with Gasteiger partial charge in [0.25, 0.3) is 0 Å². The van der Waals surface area contributed by atoms with Crippen molar-refractivity contribution < 1.29 is 17.9 Å². The SMILES string of the molecule is COC(=O)C1CCCC1S(=O)(=O)NCc1ccnc(C)n1. The van der Waals surface area contributed by atoms with Crippen LogP contribution in [0.2, 0.25) is 0 Å². The zero-order valence-electron chi connectivity index (χ0n) is 12.1. The Balaban J connectivity index is 2.06. The number of aryl methyl sites for hydroxylation is 1. The molecular weight excluding hydrogens is 294 g/mol. The Labute approximate surface area is 124 Å². The number of methoxy groups -OCH3 is 1. The summed E-state index contributed by atoms with van der Waals surface area (Å²) >= 11 is 0. The van der Waals surface area contributed by atoms with Crippen LogP contribution in [0, 0.1) is 12.8 Å². The molecule has 8 heteroatoms. The Morgan fingerprint density at radius 1 is 1.48 bits per heavy atom. The molecule has 0 aliphatic heterocycles. The molecule has 2 atom stereocenters. The fourth-order valence-corrected chi connectivity index (χ4v) is 4.32. The number of nitrogens with one attached hydrogen (secondary N) is 1. The number of ether oxygens (including phenoxy) is 1. The van der Waals surface area contributed by atoms with Crippen LogP contribution in [0.15, 0.2) is 12.3 Å². The summed E-state index contributed by atoms with van der Waals surface area (Å²) in [6.07, 6.45) is 3.31. The molecule has 0 radical (unpaired) electrons. The van der Waals surface area contributed by atoms with E-state index in [1.807, 2.05) is 0 Å². The Morgan fingerprint density at radius 3 is 2.90 bits per heavy atom. The van der Waals surface area contributed by atoms with Crippen LogP contribution in [0.3, 0.4) is 0 Å². The van der Waals surface area contributed by atoms with Crippen LogP contribution in [0.1, 0.15) is 30.8 Å². The highest BCUT2D eigenvalue weighted by Crippen LogP contribution is 2.31. The van der Waals surface area contributed by atoms with Gasteiger partial charge in [-0.05, 0) is 25.8 Å². The molecule has 1 aliphatic rings. The lowest BCUT2D eigenvalue weighted by molar-refractivity contribution is -0.145. The number of esters is 1. The lowest BCUT2D eigenvalue weighted by atomic mass is 10.1. The fourth-order valence-electron chi connectivity index (χ4n) is 2.60. The first-order chi connectivity index (χ1) is 9.94. The van der Waals surface area contributed by atoms with Gasteiger partial charge in [-0.1, -0.05) is 6.42 Å². The fraction of sp³-hybridized carbons (Fsp3) is 0.615. The third-order valence-electron chi connectivity index (χ3n) is 3.64. The summed E-state index contributed by atoms with van der Waals surface area (Å²) in [5.41, 5.74) is 0.596. The molecule has 0 spiro atoms. The van der Waals surface area contributed by atoms with Crippen LogP contribution >= 0.6 is 0 Å². The number of hydrogen-bond donors (Lipinski definition) is 1. The minimum atomic E-state index is -3.59. The van der Waals surface area contributed by atoms with Gasteiger partial charge < -0.3 is 4.74 Å². The minimum absolute atomic E-state index is 0.0933. The Morgan fingerprint density at radius 2 is 2.24 bits per heavy atom. The molecule has 1 aliphatic carbocycles. The van der Waals surface area contributed by atoms with E-state index >= 15 is 0 Å². The van der Waals surface area contributed by atoms with Gasteiger partial charge in [0.15, 0.2) is 0 Å². The van der Waals surface area contributed by atoms with Crippen molar-refractivity contribution in [3.63, 3.8) is 0 Å². The maximum absolute atomic E-state index is 12.4. The van der Waals surface area contributed by atoms with Crippen LogP contribution in [-0.4, -0.2) is 36.7 Å². The number of aromatic nitrogens is 2. The molecule has 7 nitrogen and oxygen atoms in total. The van der Waals surface area contributed by atoms with E-state index in [1.54, 1.807) is 19.2 Å². The first-order valence-electron chi connectivity index (χ1n) is 6.79. The molecule has 0 amide bonds. The van der Waals surface area contributed by atoms with Crippen molar-refractivity contribution in [3.05, 3.63) is 23.8 Å². The molecule has 1 N–H and O–H groups in total. The van der Waals surface area contributed by atoms with Crippen LogP contribution in [-0.2, 0) is 26.1 Å². The van der Waals surface area contributed by atoms with Crippen molar-refractivity contribution in [2.24, 2.45) is 5.92 Å². The van der Waals surface area contributed by atoms with Gasteiger partial charge in [-0.25, -0.2) is 23.1 Å². The second-order valence-corrected chi connectivity index (χ2v) is 7.04. The summed E-state index contributed by atoms with van der Waals surface area (Å²) in [6.45, 7) is 1.83. The highest BCUT2D eigenvalue weighted by molar-refractivity contribution is 7.90. The van der Waals surface area contributed by atoms with Crippen LogP contribution < -0.4 is 4.72 Å². The molecule has 116 valence electrons. The normalized spacial score (nSPS) is 22.2. The number of rotatable bonds is 5. The quantitative estimate of drug-likeness (QED) is 0.797. The van der Waals surface area contributed by atoms with Crippen molar-refractivity contribution in [1.82, 2.24) is 14.7 Å². The number of nitrogens with zero attached hydrogens (tertiary/aromatic N) is 2. The smallest absolute Gasteiger partial charge is 0.310 e. The van der Waals surface area contributed by atoms with Crippen molar-refractivity contribution in [2.45, 2.75) is 38.0 Å². The molecule has 0 aromatic carbocycles. The Bertz CT molecular complexity index is 618. The van der Waals surface area contributed by atoms with E-state index in [0.29, 0.717) is 30.8 Å². The van der Waals surface area contributed by atoms with Gasteiger partial charge in [0, 0.05) is 6.20 Å². The van der Waals surface area contributed by atoms with E-state index in [9.17, 15) is 13.2 Å². The van der Waals surface area contributed by atoms with Crippen LogP contribution in [0.25, 0.3) is 0 Å². The molecule has 21 heavy (non-hydrogen) atoms. The summed E-state index contributed by atoms with van der Waals surface area (Å²) in [5.74, 6) is -0.458. The standard InChI is InChI=1S/C13H19N3O4S/c1-9-14-7-6-10(16-9)8-15-21(18,19)12-5-3-4-11(12)13(17)20-2/h6-7,11-12,15H,3-5,8H2,1-2H3. The maximum Gasteiger partial charge on any atom is 0.310 e. The predicted octanol–water partition coefficient (Wildman–Crippen LogP) is 0.546. The van der Waals surface area contributed by atoms with Crippen molar-refractivity contribution in [1.29, 1.82) is 0 Å². The number of carbonyl (C=O) groups is 1. The van der Waals surface area contributed by atoms with E-state index in [-0.39, 0.29) is 6.54 Å². The number of hydrogen-bond acceptors (Lipinski definition) is 6. The van der Waals surface area contributed by atoms with Gasteiger partial charge in [-0.2, -0.15) is 0 Å². The highest BCUT2D eigenvalue weighted by atomic mass is 32.2. The highest BCUT2D eigenvalue weighted by Gasteiger charge is 2.42. The molecule has 0 bridgehead atoms. The minimum Gasteiger partial charge on any atom is -0.469 e. The summed E-state index contributed by atoms with van der Waals surface area (Å²) in [7, 11) is -2.31. The third-order valence-corrected chi connectivity index (χ3v) is 5.55. The van der Waals surface area contributed by atoms with E-state index in [1.165, 1.54) is 7.11 Å². The molecule has 0 saturated heterocycles. The lowest BCUT2D eigenvalue weighted by Crippen LogP contribution is -2.39. The van der Waals surface area contributed by atoms with E-state index in [4.69, 9.17) is 0 Å². The van der Waals surface area contributed by atoms with E-state index < -0.39 is 27.2 Å². The van der Waals surface area contributed by atoms with Gasteiger partial charge in [0.2, 0.25) is 10.0 Å². The Hall–Kier alpha value is -1.54. The van der Waals surface area contributed by atoms with Crippen LogP contribution in [0.5, 0.6) is 0 Å². The van der Waals surface area contributed by atoms with Gasteiger partial charge in [-0.3, -0.25) is 4.79 Å². The zero-order valence-corrected chi connectivity index (χ0v) is 12.9. The summed E-state index contributed by atoms with van der Waals surface area (Å²) < 4.78 is 31.9.